The van der Waals surface area contributed by atoms with Crippen molar-refractivity contribution in [2.75, 3.05) is 0 Å². The van der Waals surface area contributed by atoms with Crippen LogP contribution in [0.2, 0.25) is 0 Å². The Balaban J connectivity index is 1.82. The van der Waals surface area contributed by atoms with Crippen LogP contribution in [0.15, 0.2) is 16.5 Å². The maximum atomic E-state index is 12.7. The van der Waals surface area contributed by atoms with Gasteiger partial charge >= 0.3 is 6.18 Å². The number of alkyl halides is 3. The zero-order valence-electron chi connectivity index (χ0n) is 11.1. The van der Waals surface area contributed by atoms with Crippen LogP contribution in [-0.2, 0) is 13.0 Å². The molecule has 1 heterocycles. The summed E-state index contributed by atoms with van der Waals surface area (Å²) >= 11 is 0. The minimum absolute atomic E-state index is 0.0597. The summed E-state index contributed by atoms with van der Waals surface area (Å²) in [6.45, 7) is 2.51. The van der Waals surface area contributed by atoms with Crippen LogP contribution in [0.5, 0.6) is 0 Å². The Morgan fingerprint density at radius 3 is 2.63 bits per heavy atom. The molecule has 19 heavy (non-hydrogen) atoms. The average molecular weight is 275 g/mol. The predicted molar refractivity (Wildman–Crippen MR) is 66.7 cm³/mol. The third-order valence-electron chi connectivity index (χ3n) is 3.77. The second kappa shape index (κ2) is 5.99. The molecule has 0 aliphatic heterocycles. The first-order chi connectivity index (χ1) is 8.99. The minimum atomic E-state index is -4.06. The summed E-state index contributed by atoms with van der Waals surface area (Å²) < 4.78 is 43.6. The van der Waals surface area contributed by atoms with E-state index in [1.807, 2.05) is 19.1 Å². The number of furan rings is 1. The summed E-state index contributed by atoms with van der Waals surface area (Å²) in [7, 11) is 0. The zero-order chi connectivity index (χ0) is 13.9. The van der Waals surface area contributed by atoms with E-state index in [2.05, 4.69) is 5.32 Å². The van der Waals surface area contributed by atoms with E-state index in [0.717, 1.165) is 24.4 Å². The van der Waals surface area contributed by atoms with Crippen molar-refractivity contribution in [2.24, 2.45) is 5.92 Å². The summed E-state index contributed by atoms with van der Waals surface area (Å²) in [5.41, 5.74) is 0. The molecule has 0 radical (unpaired) electrons. The van der Waals surface area contributed by atoms with Crippen molar-refractivity contribution in [1.29, 1.82) is 0 Å². The lowest BCUT2D eigenvalue weighted by molar-refractivity contribution is -0.183. The van der Waals surface area contributed by atoms with Crippen molar-refractivity contribution in [1.82, 2.24) is 5.32 Å². The molecule has 0 saturated heterocycles. The summed E-state index contributed by atoms with van der Waals surface area (Å²) in [5, 5.41) is 3.18. The molecule has 1 saturated carbocycles. The molecule has 0 spiro atoms. The molecule has 5 heteroatoms. The largest absolute Gasteiger partial charge is 0.465 e. The third kappa shape index (κ3) is 4.00. The quantitative estimate of drug-likeness (QED) is 0.896. The van der Waals surface area contributed by atoms with Crippen LogP contribution >= 0.6 is 0 Å². The summed E-state index contributed by atoms with van der Waals surface area (Å²) in [6, 6.07) is 3.74. The van der Waals surface area contributed by atoms with Crippen LogP contribution in [0.3, 0.4) is 0 Å². The summed E-state index contributed by atoms with van der Waals surface area (Å²) in [5.74, 6) is 0.557. The topological polar surface area (TPSA) is 25.2 Å². The van der Waals surface area contributed by atoms with Crippen LogP contribution in [0.1, 0.15) is 44.1 Å². The summed E-state index contributed by atoms with van der Waals surface area (Å²) in [6.07, 6.45) is -1.32. The maximum absolute atomic E-state index is 12.7. The van der Waals surface area contributed by atoms with E-state index in [0.29, 0.717) is 13.0 Å². The lowest BCUT2D eigenvalue weighted by atomic mass is 9.85. The fourth-order valence-electron chi connectivity index (χ4n) is 2.62. The molecular formula is C14H20F3NO. The smallest absolute Gasteiger partial charge is 0.391 e. The molecule has 1 aromatic heterocycles. The highest BCUT2D eigenvalue weighted by Crippen LogP contribution is 2.37. The second-order valence-electron chi connectivity index (χ2n) is 5.20. The number of halogens is 3. The van der Waals surface area contributed by atoms with E-state index >= 15 is 0 Å². The average Bonchev–Trinajstić information content (AvgIpc) is 2.84. The molecule has 2 unspecified atom stereocenters. The monoisotopic (exact) mass is 275 g/mol. The van der Waals surface area contributed by atoms with Crippen molar-refractivity contribution >= 4 is 0 Å². The van der Waals surface area contributed by atoms with Crippen molar-refractivity contribution < 1.29 is 17.6 Å². The van der Waals surface area contributed by atoms with Crippen molar-refractivity contribution in [2.45, 2.75) is 57.8 Å². The molecule has 1 aliphatic carbocycles. The van der Waals surface area contributed by atoms with E-state index in [9.17, 15) is 13.2 Å². The number of aryl methyl sites for hydroxylation is 1. The van der Waals surface area contributed by atoms with Crippen molar-refractivity contribution in [3.05, 3.63) is 23.7 Å². The number of nitrogens with one attached hydrogen (secondary N) is 1. The fourth-order valence-corrected chi connectivity index (χ4v) is 2.62. The van der Waals surface area contributed by atoms with Gasteiger partial charge in [0, 0.05) is 12.5 Å². The van der Waals surface area contributed by atoms with Gasteiger partial charge in [-0.2, -0.15) is 13.2 Å². The summed E-state index contributed by atoms with van der Waals surface area (Å²) in [4.78, 5) is 0. The Kier molecular flexibility index (Phi) is 4.55. The molecule has 0 aromatic carbocycles. The van der Waals surface area contributed by atoms with Gasteiger partial charge in [0.05, 0.1) is 12.5 Å². The van der Waals surface area contributed by atoms with Gasteiger partial charge < -0.3 is 9.73 Å². The Morgan fingerprint density at radius 2 is 2.00 bits per heavy atom. The first-order valence-corrected chi connectivity index (χ1v) is 6.86. The van der Waals surface area contributed by atoms with E-state index in [1.54, 1.807) is 0 Å². The van der Waals surface area contributed by atoms with Gasteiger partial charge in [0.1, 0.15) is 11.5 Å². The standard InChI is InChI=1S/C14H20F3NO/c1-2-12-6-7-13(19-12)9-18-11-5-3-4-10(8-11)14(15,16)17/h6-7,10-11,18H,2-5,8-9H2,1H3. The molecule has 2 nitrogen and oxygen atoms in total. The highest BCUT2D eigenvalue weighted by atomic mass is 19.4. The fraction of sp³-hybridized carbons (Fsp3) is 0.714. The van der Waals surface area contributed by atoms with Gasteiger partial charge in [0.25, 0.3) is 0 Å². The van der Waals surface area contributed by atoms with Crippen molar-refractivity contribution in [3.8, 4) is 0 Å². The molecule has 1 N–H and O–H groups in total. The number of hydrogen-bond donors (Lipinski definition) is 1. The first-order valence-electron chi connectivity index (χ1n) is 6.86. The van der Waals surface area contributed by atoms with Gasteiger partial charge in [0.2, 0.25) is 0 Å². The van der Waals surface area contributed by atoms with Gasteiger partial charge in [-0.25, -0.2) is 0 Å². The Morgan fingerprint density at radius 1 is 1.26 bits per heavy atom. The minimum Gasteiger partial charge on any atom is -0.465 e. The Labute approximate surface area is 111 Å². The van der Waals surface area contributed by atoms with E-state index < -0.39 is 12.1 Å². The maximum Gasteiger partial charge on any atom is 0.391 e. The van der Waals surface area contributed by atoms with Crippen molar-refractivity contribution in [3.63, 3.8) is 0 Å². The van der Waals surface area contributed by atoms with Gasteiger partial charge in [0.15, 0.2) is 0 Å². The van der Waals surface area contributed by atoms with Gasteiger partial charge in [-0.05, 0) is 31.4 Å². The predicted octanol–water partition coefficient (Wildman–Crippen LogP) is 4.05. The third-order valence-corrected chi connectivity index (χ3v) is 3.77. The molecule has 2 atom stereocenters. The Bertz CT molecular complexity index is 400. The van der Waals surface area contributed by atoms with Gasteiger partial charge in [-0.3, -0.25) is 0 Å². The lowest BCUT2D eigenvalue weighted by Gasteiger charge is -2.30. The molecule has 1 fully saturated rings. The van der Waals surface area contributed by atoms with Crippen LogP contribution in [-0.4, -0.2) is 12.2 Å². The first kappa shape index (κ1) is 14.4. The highest BCUT2D eigenvalue weighted by Gasteiger charge is 2.41. The Hall–Kier alpha value is -0.970. The number of rotatable bonds is 4. The van der Waals surface area contributed by atoms with Crippen LogP contribution in [0, 0.1) is 5.92 Å². The molecule has 108 valence electrons. The molecule has 1 aromatic rings. The van der Waals surface area contributed by atoms with E-state index in [-0.39, 0.29) is 18.9 Å². The molecule has 0 amide bonds. The normalized spacial score (nSPS) is 24.6. The van der Waals surface area contributed by atoms with E-state index in [1.165, 1.54) is 0 Å². The van der Waals surface area contributed by atoms with Gasteiger partial charge in [-0.1, -0.05) is 13.3 Å². The van der Waals surface area contributed by atoms with Crippen LogP contribution < -0.4 is 5.32 Å². The van der Waals surface area contributed by atoms with Crippen LogP contribution in [0.25, 0.3) is 0 Å². The highest BCUT2D eigenvalue weighted by molar-refractivity contribution is 5.07. The number of hydrogen-bond acceptors (Lipinski definition) is 2. The van der Waals surface area contributed by atoms with Gasteiger partial charge in [-0.15, -0.1) is 0 Å². The van der Waals surface area contributed by atoms with Crippen LogP contribution in [0.4, 0.5) is 13.2 Å². The molecule has 1 aliphatic rings. The SMILES string of the molecule is CCc1ccc(CNC2CCCC(C(F)(F)F)C2)o1. The van der Waals surface area contributed by atoms with E-state index in [4.69, 9.17) is 4.42 Å². The molecular weight excluding hydrogens is 255 g/mol. The molecule has 0 bridgehead atoms. The second-order valence-corrected chi connectivity index (χ2v) is 5.20. The lowest BCUT2D eigenvalue weighted by Crippen LogP contribution is -2.38. The molecule has 2 rings (SSSR count). The zero-order valence-corrected chi connectivity index (χ0v) is 11.1.